The lowest BCUT2D eigenvalue weighted by atomic mass is 10.1. The Morgan fingerprint density at radius 3 is 2.57 bits per heavy atom. The number of aromatic nitrogens is 4. The quantitative estimate of drug-likeness (QED) is 0.612. The summed E-state index contributed by atoms with van der Waals surface area (Å²) in [5.41, 5.74) is 1.10. The van der Waals surface area contributed by atoms with Gasteiger partial charge in [-0.1, -0.05) is 6.92 Å². The number of hydrogen-bond acceptors (Lipinski definition) is 6. The molecule has 1 aliphatic rings. The van der Waals surface area contributed by atoms with Gasteiger partial charge in [-0.05, 0) is 37.1 Å². The first-order valence-corrected chi connectivity index (χ1v) is 10.2. The summed E-state index contributed by atoms with van der Waals surface area (Å²) in [6, 6.07) is 7.84. The Balaban J connectivity index is 1.88. The van der Waals surface area contributed by atoms with Crippen LogP contribution in [0, 0.1) is 5.92 Å². The summed E-state index contributed by atoms with van der Waals surface area (Å²) >= 11 is 0. The molecule has 1 aromatic carbocycles. The molecule has 3 heterocycles. The van der Waals surface area contributed by atoms with Gasteiger partial charge in [0.25, 0.3) is 5.56 Å². The van der Waals surface area contributed by atoms with Crippen LogP contribution in [-0.2, 0) is 24.9 Å². The molecule has 0 aliphatic carbocycles. The third-order valence-electron chi connectivity index (χ3n) is 5.42. The lowest BCUT2D eigenvalue weighted by molar-refractivity contribution is 0.184. The van der Waals surface area contributed by atoms with Crippen molar-refractivity contribution in [3.8, 4) is 5.75 Å². The Bertz CT molecular complexity index is 1180. The molecule has 2 aromatic heterocycles. The molecule has 1 aliphatic heterocycles. The molecule has 30 heavy (non-hydrogen) atoms. The predicted molar refractivity (Wildman–Crippen MR) is 115 cm³/mol. The van der Waals surface area contributed by atoms with Gasteiger partial charge in [0.05, 0.1) is 19.8 Å². The smallest absolute Gasteiger partial charge is 0.332 e. The number of rotatable bonds is 6. The first kappa shape index (κ1) is 20.2. The van der Waals surface area contributed by atoms with Crippen molar-refractivity contribution >= 4 is 22.8 Å². The van der Waals surface area contributed by atoms with Crippen LogP contribution in [0.1, 0.15) is 13.8 Å². The van der Waals surface area contributed by atoms with Crippen molar-refractivity contribution in [1.29, 1.82) is 0 Å². The van der Waals surface area contributed by atoms with Crippen LogP contribution in [-0.4, -0.2) is 45.6 Å². The van der Waals surface area contributed by atoms with E-state index in [1.165, 1.54) is 9.13 Å². The maximum atomic E-state index is 13.2. The molecule has 9 heteroatoms. The van der Waals surface area contributed by atoms with Gasteiger partial charge in [0, 0.05) is 32.9 Å². The molecule has 0 saturated heterocycles. The van der Waals surface area contributed by atoms with Gasteiger partial charge < -0.3 is 18.9 Å². The highest BCUT2D eigenvalue weighted by Gasteiger charge is 2.29. The molecular formula is C21H27N5O4. The highest BCUT2D eigenvalue weighted by atomic mass is 16.5. The van der Waals surface area contributed by atoms with E-state index in [1.807, 2.05) is 35.8 Å². The maximum Gasteiger partial charge on any atom is 0.332 e. The Labute approximate surface area is 174 Å². The minimum absolute atomic E-state index is 0.205. The van der Waals surface area contributed by atoms with Crippen LogP contribution in [0.5, 0.6) is 5.75 Å². The van der Waals surface area contributed by atoms with Crippen LogP contribution in [0.15, 0.2) is 33.9 Å². The number of benzene rings is 1. The Morgan fingerprint density at radius 2 is 1.90 bits per heavy atom. The zero-order chi connectivity index (χ0) is 21.4. The predicted octanol–water partition coefficient (Wildman–Crippen LogP) is 1.73. The van der Waals surface area contributed by atoms with Crippen molar-refractivity contribution in [2.24, 2.45) is 13.0 Å². The van der Waals surface area contributed by atoms with Crippen LogP contribution in [0.25, 0.3) is 11.2 Å². The zero-order valence-electron chi connectivity index (χ0n) is 17.8. The molecule has 3 aromatic rings. The maximum absolute atomic E-state index is 13.2. The lowest BCUT2D eigenvalue weighted by Crippen LogP contribution is -2.41. The summed E-state index contributed by atoms with van der Waals surface area (Å²) in [6.45, 7) is 6.63. The summed E-state index contributed by atoms with van der Waals surface area (Å²) in [6.07, 6.45) is 0. The van der Waals surface area contributed by atoms with Crippen LogP contribution in [0.3, 0.4) is 0 Å². The summed E-state index contributed by atoms with van der Waals surface area (Å²) in [5, 5.41) is 0. The van der Waals surface area contributed by atoms with Gasteiger partial charge in [0.2, 0.25) is 5.95 Å². The number of aryl methyl sites for hydroxylation is 1. The van der Waals surface area contributed by atoms with Gasteiger partial charge in [0.15, 0.2) is 11.2 Å². The molecule has 0 spiro atoms. The van der Waals surface area contributed by atoms with Gasteiger partial charge in [0.1, 0.15) is 5.75 Å². The number of fused-ring (bicyclic) bond motifs is 3. The lowest BCUT2D eigenvalue weighted by Gasteiger charge is -2.33. The number of methoxy groups -OCH3 is 1. The standard InChI is InChI=1S/C21H27N5O4/c1-5-30-16-8-6-15(7-9-16)25-12-14(2)13-26-17-18(22-20(25)26)23(3)21(28)24(19(17)27)10-11-29-4/h6-9,14H,5,10-13H2,1-4H3. The fourth-order valence-electron chi connectivity index (χ4n) is 3.99. The second-order valence-electron chi connectivity index (χ2n) is 7.63. The molecule has 0 saturated carbocycles. The Morgan fingerprint density at radius 1 is 1.17 bits per heavy atom. The third-order valence-corrected chi connectivity index (χ3v) is 5.42. The van der Waals surface area contributed by atoms with Gasteiger partial charge >= 0.3 is 5.69 Å². The van der Waals surface area contributed by atoms with Crippen LogP contribution in [0.4, 0.5) is 11.6 Å². The van der Waals surface area contributed by atoms with E-state index in [-0.39, 0.29) is 24.4 Å². The van der Waals surface area contributed by atoms with E-state index >= 15 is 0 Å². The fourth-order valence-corrected chi connectivity index (χ4v) is 3.99. The van der Waals surface area contributed by atoms with Crippen LogP contribution < -0.4 is 20.9 Å². The van der Waals surface area contributed by atoms with E-state index in [0.29, 0.717) is 36.2 Å². The summed E-state index contributed by atoms with van der Waals surface area (Å²) in [4.78, 5) is 32.7. The number of nitrogens with zero attached hydrogens (tertiary/aromatic N) is 5. The van der Waals surface area contributed by atoms with Crippen LogP contribution >= 0.6 is 0 Å². The van der Waals surface area contributed by atoms with Crippen molar-refractivity contribution in [1.82, 2.24) is 18.7 Å². The second-order valence-corrected chi connectivity index (χ2v) is 7.63. The van der Waals surface area contributed by atoms with E-state index in [0.717, 1.165) is 18.0 Å². The third kappa shape index (κ3) is 3.28. The summed E-state index contributed by atoms with van der Waals surface area (Å²) in [5.74, 6) is 1.78. The van der Waals surface area contributed by atoms with Gasteiger partial charge in [-0.15, -0.1) is 0 Å². The minimum atomic E-state index is -0.388. The molecule has 9 nitrogen and oxygen atoms in total. The summed E-state index contributed by atoms with van der Waals surface area (Å²) in [7, 11) is 3.20. The molecule has 1 unspecified atom stereocenters. The monoisotopic (exact) mass is 413 g/mol. The molecule has 0 bridgehead atoms. The second kappa shape index (κ2) is 7.98. The summed E-state index contributed by atoms with van der Waals surface area (Å²) < 4.78 is 15.2. The highest BCUT2D eigenvalue weighted by Crippen LogP contribution is 2.33. The van der Waals surface area contributed by atoms with E-state index < -0.39 is 0 Å². The molecule has 0 amide bonds. The van der Waals surface area contributed by atoms with Crippen molar-refractivity contribution in [3.63, 3.8) is 0 Å². The molecule has 0 fully saturated rings. The average molecular weight is 413 g/mol. The number of hydrogen-bond donors (Lipinski definition) is 0. The number of ether oxygens (including phenoxy) is 2. The van der Waals surface area contributed by atoms with E-state index in [1.54, 1.807) is 14.2 Å². The first-order valence-electron chi connectivity index (χ1n) is 10.2. The first-order chi connectivity index (χ1) is 14.5. The molecule has 0 N–H and O–H groups in total. The topological polar surface area (TPSA) is 83.5 Å². The van der Waals surface area contributed by atoms with Crippen molar-refractivity contribution in [2.45, 2.75) is 26.9 Å². The van der Waals surface area contributed by atoms with Crippen LogP contribution in [0.2, 0.25) is 0 Å². The molecule has 4 rings (SSSR count). The molecule has 160 valence electrons. The van der Waals surface area contributed by atoms with Gasteiger partial charge in [-0.25, -0.2) is 4.79 Å². The number of anilines is 2. The molecule has 0 radical (unpaired) electrons. The van der Waals surface area contributed by atoms with E-state index in [9.17, 15) is 9.59 Å². The van der Waals surface area contributed by atoms with Gasteiger partial charge in [-0.3, -0.25) is 13.9 Å². The van der Waals surface area contributed by atoms with E-state index in [2.05, 4.69) is 11.8 Å². The zero-order valence-corrected chi connectivity index (χ0v) is 17.8. The Kier molecular flexibility index (Phi) is 5.38. The Hall–Kier alpha value is -3.07. The van der Waals surface area contributed by atoms with Crippen molar-refractivity contribution < 1.29 is 9.47 Å². The SMILES string of the molecule is CCOc1ccc(N2CC(C)Cn3c2nc2c3c(=O)n(CCOC)c(=O)n2C)cc1. The normalized spacial score (nSPS) is 16.1. The van der Waals surface area contributed by atoms with Gasteiger partial charge in [-0.2, -0.15) is 4.98 Å². The van der Waals surface area contributed by atoms with Crippen molar-refractivity contribution in [2.75, 3.05) is 31.8 Å². The van der Waals surface area contributed by atoms with E-state index in [4.69, 9.17) is 14.5 Å². The van der Waals surface area contributed by atoms with Crippen molar-refractivity contribution in [3.05, 3.63) is 45.1 Å². The highest BCUT2D eigenvalue weighted by molar-refractivity contribution is 5.77. The number of imidazole rings is 1. The minimum Gasteiger partial charge on any atom is -0.494 e. The fraction of sp³-hybridized carbons (Fsp3) is 0.476. The molecular weight excluding hydrogens is 386 g/mol. The average Bonchev–Trinajstić information content (AvgIpc) is 3.12. The molecule has 1 atom stereocenters. The largest absolute Gasteiger partial charge is 0.494 e.